The lowest BCUT2D eigenvalue weighted by Gasteiger charge is -2.27. The summed E-state index contributed by atoms with van der Waals surface area (Å²) in [6, 6.07) is 7.09. The van der Waals surface area contributed by atoms with Crippen molar-refractivity contribution in [3.63, 3.8) is 0 Å². The van der Waals surface area contributed by atoms with E-state index in [-0.39, 0.29) is 6.54 Å². The molecule has 0 saturated heterocycles. The summed E-state index contributed by atoms with van der Waals surface area (Å²) in [5.74, 6) is -0.444. The van der Waals surface area contributed by atoms with Crippen LogP contribution in [0.25, 0.3) is 0 Å². The van der Waals surface area contributed by atoms with Crippen LogP contribution in [0.15, 0.2) is 41.0 Å². The molecule has 0 aliphatic rings. The second-order valence-electron chi connectivity index (χ2n) is 4.68. The molecule has 1 atom stereocenters. The Balaban J connectivity index is 2.36. The SMILES string of the molecule is CC(CN)(Cc1ccco1)c1cc(F)cc(F)c1. The van der Waals surface area contributed by atoms with Crippen LogP contribution in [0.4, 0.5) is 8.78 Å². The molecule has 18 heavy (non-hydrogen) atoms. The number of benzene rings is 1. The van der Waals surface area contributed by atoms with Crippen LogP contribution in [0, 0.1) is 11.6 Å². The Hall–Kier alpha value is -1.68. The van der Waals surface area contributed by atoms with E-state index in [1.54, 1.807) is 12.3 Å². The fourth-order valence-electron chi connectivity index (χ4n) is 1.99. The van der Waals surface area contributed by atoms with Crippen molar-refractivity contribution in [3.05, 3.63) is 59.6 Å². The largest absolute Gasteiger partial charge is 0.469 e. The molecule has 0 amide bonds. The lowest BCUT2D eigenvalue weighted by Crippen LogP contribution is -2.34. The Kier molecular flexibility index (Phi) is 3.48. The highest BCUT2D eigenvalue weighted by Crippen LogP contribution is 2.28. The van der Waals surface area contributed by atoms with Gasteiger partial charge in [0.15, 0.2) is 0 Å². The predicted molar refractivity (Wildman–Crippen MR) is 65.2 cm³/mol. The lowest BCUT2D eigenvalue weighted by molar-refractivity contribution is 0.408. The molecular formula is C14H15F2NO. The lowest BCUT2D eigenvalue weighted by atomic mass is 9.79. The first-order valence-corrected chi connectivity index (χ1v) is 5.72. The van der Waals surface area contributed by atoms with Gasteiger partial charge in [-0.1, -0.05) is 6.92 Å². The van der Waals surface area contributed by atoms with Crippen molar-refractivity contribution >= 4 is 0 Å². The van der Waals surface area contributed by atoms with Gasteiger partial charge in [0, 0.05) is 24.4 Å². The highest BCUT2D eigenvalue weighted by Gasteiger charge is 2.27. The fourth-order valence-corrected chi connectivity index (χ4v) is 1.99. The minimum atomic E-state index is -0.593. The summed E-state index contributed by atoms with van der Waals surface area (Å²) in [5, 5.41) is 0. The van der Waals surface area contributed by atoms with E-state index in [0.717, 1.165) is 11.8 Å². The zero-order chi connectivity index (χ0) is 13.2. The Morgan fingerprint density at radius 3 is 2.39 bits per heavy atom. The molecule has 0 saturated carbocycles. The van der Waals surface area contributed by atoms with Crippen LogP contribution < -0.4 is 5.73 Å². The third-order valence-electron chi connectivity index (χ3n) is 3.15. The number of rotatable bonds is 4. The minimum absolute atomic E-state index is 0.274. The Labute approximate surface area is 104 Å². The Morgan fingerprint density at radius 1 is 1.22 bits per heavy atom. The van der Waals surface area contributed by atoms with Gasteiger partial charge in [-0.25, -0.2) is 8.78 Å². The maximum absolute atomic E-state index is 13.3. The van der Waals surface area contributed by atoms with Crippen molar-refractivity contribution in [1.82, 2.24) is 0 Å². The van der Waals surface area contributed by atoms with Crippen molar-refractivity contribution in [3.8, 4) is 0 Å². The summed E-state index contributed by atoms with van der Waals surface area (Å²) in [6.45, 7) is 2.14. The van der Waals surface area contributed by atoms with Crippen LogP contribution in [0.2, 0.25) is 0 Å². The molecule has 96 valence electrons. The van der Waals surface area contributed by atoms with Gasteiger partial charge in [0.05, 0.1) is 6.26 Å². The molecular weight excluding hydrogens is 236 g/mol. The molecule has 2 rings (SSSR count). The van der Waals surface area contributed by atoms with Gasteiger partial charge in [0.25, 0.3) is 0 Å². The van der Waals surface area contributed by atoms with Gasteiger partial charge < -0.3 is 10.2 Å². The number of furan rings is 1. The Bertz CT molecular complexity index is 504. The van der Waals surface area contributed by atoms with Crippen molar-refractivity contribution in [2.75, 3.05) is 6.54 Å². The molecule has 1 aromatic carbocycles. The van der Waals surface area contributed by atoms with E-state index in [0.29, 0.717) is 12.0 Å². The van der Waals surface area contributed by atoms with Crippen molar-refractivity contribution in [1.29, 1.82) is 0 Å². The Morgan fingerprint density at radius 2 is 1.89 bits per heavy atom. The number of hydrogen-bond donors (Lipinski definition) is 1. The van der Waals surface area contributed by atoms with E-state index < -0.39 is 17.0 Å². The molecule has 4 heteroatoms. The van der Waals surface area contributed by atoms with Gasteiger partial charge in [-0.05, 0) is 29.8 Å². The third kappa shape index (κ3) is 2.59. The third-order valence-corrected chi connectivity index (χ3v) is 3.15. The molecule has 2 aromatic rings. The van der Waals surface area contributed by atoms with Crippen LogP contribution in [-0.2, 0) is 11.8 Å². The van der Waals surface area contributed by atoms with E-state index >= 15 is 0 Å². The van der Waals surface area contributed by atoms with E-state index in [1.807, 2.05) is 13.0 Å². The molecule has 2 nitrogen and oxygen atoms in total. The van der Waals surface area contributed by atoms with E-state index in [1.165, 1.54) is 12.1 Å². The summed E-state index contributed by atoms with van der Waals surface area (Å²) in [6.07, 6.45) is 2.07. The summed E-state index contributed by atoms with van der Waals surface area (Å²) in [7, 11) is 0. The zero-order valence-electron chi connectivity index (χ0n) is 10.1. The first-order chi connectivity index (χ1) is 8.53. The molecule has 0 spiro atoms. The summed E-state index contributed by atoms with van der Waals surface area (Å²) in [5.41, 5.74) is 5.76. The zero-order valence-corrected chi connectivity index (χ0v) is 10.1. The van der Waals surface area contributed by atoms with E-state index in [9.17, 15) is 8.78 Å². The average Bonchev–Trinajstić information content (AvgIpc) is 2.80. The van der Waals surface area contributed by atoms with Crippen LogP contribution in [0.3, 0.4) is 0 Å². The molecule has 0 aliphatic heterocycles. The summed E-state index contributed by atoms with van der Waals surface area (Å²) in [4.78, 5) is 0. The average molecular weight is 251 g/mol. The summed E-state index contributed by atoms with van der Waals surface area (Å²) >= 11 is 0. The van der Waals surface area contributed by atoms with Gasteiger partial charge >= 0.3 is 0 Å². The normalized spacial score (nSPS) is 14.4. The number of hydrogen-bond acceptors (Lipinski definition) is 2. The molecule has 1 heterocycles. The topological polar surface area (TPSA) is 39.2 Å². The molecule has 0 fully saturated rings. The van der Waals surface area contributed by atoms with Gasteiger partial charge in [-0.2, -0.15) is 0 Å². The minimum Gasteiger partial charge on any atom is -0.469 e. The quantitative estimate of drug-likeness (QED) is 0.907. The molecule has 0 aliphatic carbocycles. The van der Waals surface area contributed by atoms with Crippen molar-refractivity contribution in [2.24, 2.45) is 5.73 Å². The van der Waals surface area contributed by atoms with Crippen LogP contribution >= 0.6 is 0 Å². The maximum Gasteiger partial charge on any atom is 0.126 e. The number of halogens is 2. The van der Waals surface area contributed by atoms with Gasteiger partial charge in [-0.15, -0.1) is 0 Å². The van der Waals surface area contributed by atoms with E-state index in [4.69, 9.17) is 10.2 Å². The highest BCUT2D eigenvalue weighted by molar-refractivity contribution is 5.28. The number of nitrogens with two attached hydrogens (primary N) is 1. The smallest absolute Gasteiger partial charge is 0.126 e. The maximum atomic E-state index is 13.3. The van der Waals surface area contributed by atoms with Gasteiger partial charge in [0.2, 0.25) is 0 Å². The predicted octanol–water partition coefficient (Wildman–Crippen LogP) is 3.02. The van der Waals surface area contributed by atoms with Gasteiger partial charge in [0.1, 0.15) is 17.4 Å². The fraction of sp³-hybridized carbons (Fsp3) is 0.286. The van der Waals surface area contributed by atoms with Crippen LogP contribution in [0.1, 0.15) is 18.2 Å². The van der Waals surface area contributed by atoms with Gasteiger partial charge in [-0.3, -0.25) is 0 Å². The van der Waals surface area contributed by atoms with E-state index in [2.05, 4.69) is 0 Å². The molecule has 2 N–H and O–H groups in total. The first kappa shape index (κ1) is 12.8. The second kappa shape index (κ2) is 4.90. The molecule has 1 unspecified atom stereocenters. The van der Waals surface area contributed by atoms with Crippen molar-refractivity contribution in [2.45, 2.75) is 18.8 Å². The second-order valence-corrected chi connectivity index (χ2v) is 4.68. The van der Waals surface area contributed by atoms with Crippen LogP contribution in [-0.4, -0.2) is 6.54 Å². The highest BCUT2D eigenvalue weighted by atomic mass is 19.1. The molecule has 1 aromatic heterocycles. The summed E-state index contributed by atoms with van der Waals surface area (Å²) < 4.78 is 31.8. The standard InChI is InChI=1S/C14H15F2NO/c1-14(9-17,8-13-3-2-4-18-13)10-5-11(15)7-12(16)6-10/h2-7H,8-9,17H2,1H3. The monoisotopic (exact) mass is 251 g/mol. The van der Waals surface area contributed by atoms with Crippen molar-refractivity contribution < 1.29 is 13.2 Å². The first-order valence-electron chi connectivity index (χ1n) is 5.72. The molecule has 0 radical (unpaired) electrons. The van der Waals surface area contributed by atoms with Crippen LogP contribution in [0.5, 0.6) is 0 Å². The molecule has 0 bridgehead atoms.